The Kier molecular flexibility index (Phi) is 5.36. The topological polar surface area (TPSA) is 67.4 Å². The highest BCUT2D eigenvalue weighted by molar-refractivity contribution is 6.30. The number of ether oxygens (including phenoxy) is 1. The maximum absolute atomic E-state index is 13.1. The van der Waals surface area contributed by atoms with Crippen LogP contribution >= 0.6 is 11.6 Å². The number of anilines is 2. The molecule has 0 radical (unpaired) electrons. The van der Waals surface area contributed by atoms with E-state index in [1.807, 2.05) is 62.4 Å². The van der Waals surface area contributed by atoms with Crippen LogP contribution < -0.4 is 15.0 Å². The molecule has 2 amide bonds. The predicted octanol–water partition coefficient (Wildman–Crippen LogP) is 5.23. The molecule has 7 heteroatoms. The lowest BCUT2D eigenvalue weighted by atomic mass is 10.1. The van der Waals surface area contributed by atoms with Crippen LogP contribution in [0, 0.1) is 13.8 Å². The maximum Gasteiger partial charge on any atom is 0.328 e. The molecule has 0 saturated carbocycles. The van der Waals surface area contributed by atoms with Crippen molar-refractivity contribution in [3.05, 3.63) is 64.8 Å². The lowest BCUT2D eigenvalue weighted by molar-refractivity contribution is 0.256. The molecule has 3 aromatic rings. The van der Waals surface area contributed by atoms with Gasteiger partial charge in [0, 0.05) is 22.8 Å². The largest absolute Gasteiger partial charge is 0.490 e. The predicted molar refractivity (Wildman–Crippen MR) is 115 cm³/mol. The van der Waals surface area contributed by atoms with E-state index in [-0.39, 0.29) is 6.03 Å². The molecule has 0 aliphatic carbocycles. The minimum atomic E-state index is -0.287. The Morgan fingerprint density at radius 3 is 2.79 bits per heavy atom. The van der Waals surface area contributed by atoms with Gasteiger partial charge in [0.05, 0.1) is 12.3 Å². The van der Waals surface area contributed by atoms with Crippen molar-refractivity contribution >= 4 is 29.3 Å². The van der Waals surface area contributed by atoms with E-state index >= 15 is 0 Å². The van der Waals surface area contributed by atoms with Crippen LogP contribution in [0.3, 0.4) is 0 Å². The molecule has 29 heavy (non-hydrogen) atoms. The zero-order valence-electron chi connectivity index (χ0n) is 16.3. The highest BCUT2D eigenvalue weighted by Gasteiger charge is 2.25. The van der Waals surface area contributed by atoms with Crippen molar-refractivity contribution in [2.45, 2.75) is 20.3 Å². The number of benzene rings is 1. The molecule has 148 valence electrons. The second-order valence-electron chi connectivity index (χ2n) is 6.98. The van der Waals surface area contributed by atoms with Crippen molar-refractivity contribution in [3.8, 4) is 17.0 Å². The van der Waals surface area contributed by atoms with E-state index in [1.54, 1.807) is 4.90 Å². The van der Waals surface area contributed by atoms with Crippen LogP contribution in [0.4, 0.5) is 16.4 Å². The molecule has 1 aliphatic rings. The van der Waals surface area contributed by atoms with E-state index < -0.39 is 0 Å². The molecule has 3 heterocycles. The van der Waals surface area contributed by atoms with Gasteiger partial charge in [0.1, 0.15) is 5.82 Å². The number of hydrogen-bond donors (Lipinski definition) is 1. The number of carbonyl (C=O) groups is 1. The summed E-state index contributed by atoms with van der Waals surface area (Å²) in [4.78, 5) is 23.8. The number of nitrogens with zero attached hydrogens (tertiary/aromatic N) is 3. The number of aryl methyl sites for hydroxylation is 2. The van der Waals surface area contributed by atoms with Crippen LogP contribution in [-0.2, 0) is 0 Å². The summed E-state index contributed by atoms with van der Waals surface area (Å²) in [6.07, 6.45) is 0.705. The summed E-state index contributed by atoms with van der Waals surface area (Å²) in [5.74, 6) is 1.59. The first-order chi connectivity index (χ1) is 14.0. The van der Waals surface area contributed by atoms with Crippen LogP contribution in [0.1, 0.15) is 17.7 Å². The molecule has 2 aromatic heterocycles. The SMILES string of the molecule is Cc1cc(C)nc(NC(=O)N2CCCOc3ccc(-c4cccc(Cl)c4)nc32)c1. The highest BCUT2D eigenvalue weighted by Crippen LogP contribution is 2.33. The van der Waals surface area contributed by atoms with Gasteiger partial charge in [-0.25, -0.2) is 14.8 Å². The second-order valence-corrected chi connectivity index (χ2v) is 7.42. The van der Waals surface area contributed by atoms with Crippen LogP contribution in [0.2, 0.25) is 5.02 Å². The lowest BCUT2D eigenvalue weighted by Crippen LogP contribution is -2.36. The molecule has 0 spiro atoms. The van der Waals surface area contributed by atoms with Crippen LogP contribution in [0.5, 0.6) is 5.75 Å². The van der Waals surface area contributed by atoms with Gasteiger partial charge in [-0.15, -0.1) is 0 Å². The standard InChI is InChI=1S/C22H21ClN4O2/c1-14-11-15(2)24-20(12-14)26-22(28)27-9-4-10-29-19-8-7-18(25-21(19)27)16-5-3-6-17(23)13-16/h3,5-8,11-13H,4,9-10H2,1-2H3,(H,24,26,28). The fourth-order valence-electron chi connectivity index (χ4n) is 3.34. The molecule has 0 unspecified atom stereocenters. The Balaban J connectivity index is 1.68. The van der Waals surface area contributed by atoms with E-state index in [0.717, 1.165) is 22.5 Å². The number of amides is 2. The molecular formula is C22H21ClN4O2. The first-order valence-corrected chi connectivity index (χ1v) is 9.81. The molecule has 1 N–H and O–H groups in total. The number of carbonyl (C=O) groups excluding carboxylic acids is 1. The molecule has 1 aliphatic heterocycles. The van der Waals surface area contributed by atoms with E-state index in [9.17, 15) is 4.79 Å². The number of aromatic nitrogens is 2. The third-order valence-corrected chi connectivity index (χ3v) is 4.81. The molecule has 0 saturated heterocycles. The number of hydrogen-bond acceptors (Lipinski definition) is 4. The quantitative estimate of drug-likeness (QED) is 0.630. The molecule has 6 nitrogen and oxygen atoms in total. The first kappa shape index (κ1) is 19.2. The molecule has 0 bridgehead atoms. The first-order valence-electron chi connectivity index (χ1n) is 9.43. The normalized spacial score (nSPS) is 13.3. The van der Waals surface area contributed by atoms with Crippen LogP contribution in [0.25, 0.3) is 11.3 Å². The summed E-state index contributed by atoms with van der Waals surface area (Å²) >= 11 is 6.13. The van der Waals surface area contributed by atoms with E-state index in [1.165, 1.54) is 0 Å². The number of nitrogens with one attached hydrogen (secondary N) is 1. The summed E-state index contributed by atoms with van der Waals surface area (Å²) < 4.78 is 5.81. The summed E-state index contributed by atoms with van der Waals surface area (Å²) in [6, 6.07) is 14.7. The zero-order valence-corrected chi connectivity index (χ0v) is 17.0. The van der Waals surface area contributed by atoms with Gasteiger partial charge in [0.15, 0.2) is 11.6 Å². The second kappa shape index (κ2) is 8.09. The minimum Gasteiger partial charge on any atom is -0.490 e. The highest BCUT2D eigenvalue weighted by atomic mass is 35.5. The van der Waals surface area contributed by atoms with Crippen LogP contribution in [0.15, 0.2) is 48.5 Å². The summed E-state index contributed by atoms with van der Waals surface area (Å²) in [5, 5.41) is 3.52. The van der Waals surface area contributed by atoms with Gasteiger partial charge in [0.2, 0.25) is 0 Å². The van der Waals surface area contributed by atoms with E-state index in [0.29, 0.717) is 42.0 Å². The van der Waals surface area contributed by atoms with Gasteiger partial charge in [-0.2, -0.15) is 0 Å². The Hall–Kier alpha value is -3.12. The summed E-state index contributed by atoms with van der Waals surface area (Å²) in [7, 11) is 0. The number of urea groups is 1. The average Bonchev–Trinajstić information content (AvgIpc) is 2.89. The zero-order chi connectivity index (χ0) is 20.4. The number of halogens is 1. The number of fused-ring (bicyclic) bond motifs is 1. The Bertz CT molecular complexity index is 1050. The molecule has 1 aromatic carbocycles. The van der Waals surface area contributed by atoms with Crippen molar-refractivity contribution in [2.75, 3.05) is 23.4 Å². The fraction of sp³-hybridized carbons (Fsp3) is 0.227. The van der Waals surface area contributed by atoms with Crippen LogP contribution in [-0.4, -0.2) is 29.2 Å². The maximum atomic E-state index is 13.1. The van der Waals surface area contributed by atoms with Crippen molar-refractivity contribution in [1.29, 1.82) is 0 Å². The fourth-order valence-corrected chi connectivity index (χ4v) is 3.53. The summed E-state index contributed by atoms with van der Waals surface area (Å²) in [6.45, 7) is 4.89. The Morgan fingerprint density at radius 1 is 1.14 bits per heavy atom. The third-order valence-electron chi connectivity index (χ3n) is 4.58. The van der Waals surface area contributed by atoms with Gasteiger partial charge in [-0.05, 0) is 62.2 Å². The van der Waals surface area contributed by atoms with Gasteiger partial charge in [0.25, 0.3) is 0 Å². The van der Waals surface area contributed by atoms with Gasteiger partial charge in [-0.1, -0.05) is 23.7 Å². The minimum absolute atomic E-state index is 0.287. The Morgan fingerprint density at radius 2 is 2.00 bits per heavy atom. The number of rotatable bonds is 2. The van der Waals surface area contributed by atoms with Crippen molar-refractivity contribution in [1.82, 2.24) is 9.97 Å². The van der Waals surface area contributed by atoms with Crippen molar-refractivity contribution < 1.29 is 9.53 Å². The van der Waals surface area contributed by atoms with Gasteiger partial charge < -0.3 is 4.74 Å². The third kappa shape index (κ3) is 4.32. The van der Waals surface area contributed by atoms with E-state index in [2.05, 4.69) is 10.3 Å². The van der Waals surface area contributed by atoms with Gasteiger partial charge >= 0.3 is 6.03 Å². The van der Waals surface area contributed by atoms with E-state index in [4.69, 9.17) is 21.3 Å². The molecule has 0 atom stereocenters. The average molecular weight is 409 g/mol. The smallest absolute Gasteiger partial charge is 0.328 e. The van der Waals surface area contributed by atoms with Gasteiger partial charge in [-0.3, -0.25) is 10.2 Å². The molecular weight excluding hydrogens is 388 g/mol. The monoisotopic (exact) mass is 408 g/mol. The molecule has 4 rings (SSSR count). The number of pyridine rings is 2. The van der Waals surface area contributed by atoms with Crippen molar-refractivity contribution in [2.24, 2.45) is 0 Å². The molecule has 0 fully saturated rings. The summed E-state index contributed by atoms with van der Waals surface area (Å²) in [5.41, 5.74) is 3.48. The lowest BCUT2D eigenvalue weighted by Gasteiger charge is -2.21. The van der Waals surface area contributed by atoms with Crippen molar-refractivity contribution in [3.63, 3.8) is 0 Å². The Labute approximate surface area is 174 Å².